The number of halogens is 3. The van der Waals surface area contributed by atoms with Crippen LogP contribution in [-0.4, -0.2) is 15.4 Å². The average molecular weight is 475 g/mol. The Kier molecular flexibility index (Phi) is 11.3. The number of nitrogens with one attached hydrogen (secondary N) is 1. The Morgan fingerprint density at radius 3 is 2.48 bits per heavy atom. The van der Waals surface area contributed by atoms with Crippen LogP contribution in [0, 0.1) is 6.92 Å². The van der Waals surface area contributed by atoms with Crippen LogP contribution >= 0.6 is 0 Å². The van der Waals surface area contributed by atoms with Crippen LogP contribution in [0.5, 0.6) is 0 Å². The summed E-state index contributed by atoms with van der Waals surface area (Å²) in [5, 5.41) is 0. The number of aromatic nitrogens is 1. The molecule has 0 bridgehead atoms. The number of rotatable bonds is 11. The van der Waals surface area contributed by atoms with Crippen molar-refractivity contribution in [2.75, 3.05) is 4.72 Å². The SMILES string of the molecule is C=C/C=C(\C=C(/C=C)C(F)(F)F)C/C=C\c1nc(C)cc(NS(=O)/C(C)=C/C=C\C)c1C=C. The second-order valence-electron chi connectivity index (χ2n) is 6.87. The molecule has 1 unspecified atom stereocenters. The van der Waals surface area contributed by atoms with Gasteiger partial charge in [0.15, 0.2) is 0 Å². The third kappa shape index (κ3) is 9.06. The molecular weight excluding hydrogens is 445 g/mol. The first kappa shape index (κ1) is 27.8. The lowest BCUT2D eigenvalue weighted by molar-refractivity contribution is -0.0882. The van der Waals surface area contributed by atoms with Gasteiger partial charge in [-0.15, -0.1) is 0 Å². The highest BCUT2D eigenvalue weighted by Gasteiger charge is 2.31. The molecule has 1 aromatic rings. The molecule has 1 N–H and O–H groups in total. The number of nitrogens with zero attached hydrogens (tertiary/aromatic N) is 1. The van der Waals surface area contributed by atoms with Gasteiger partial charge in [-0.25, -0.2) is 4.21 Å². The molecule has 3 nitrogen and oxygen atoms in total. The van der Waals surface area contributed by atoms with Gasteiger partial charge in [0, 0.05) is 16.2 Å². The van der Waals surface area contributed by atoms with Crippen molar-refractivity contribution >= 4 is 28.8 Å². The minimum Gasteiger partial charge on any atom is -0.301 e. The van der Waals surface area contributed by atoms with E-state index in [0.717, 1.165) is 12.2 Å². The van der Waals surface area contributed by atoms with Crippen molar-refractivity contribution in [2.24, 2.45) is 0 Å². The van der Waals surface area contributed by atoms with Crippen LogP contribution in [-0.2, 0) is 11.0 Å². The molecule has 0 aliphatic heterocycles. The maximum absolute atomic E-state index is 13.1. The van der Waals surface area contributed by atoms with Crippen LogP contribution in [0.1, 0.15) is 37.2 Å². The largest absolute Gasteiger partial charge is 0.416 e. The lowest BCUT2D eigenvalue weighted by Crippen LogP contribution is -2.10. The molecule has 1 atom stereocenters. The Morgan fingerprint density at radius 2 is 1.94 bits per heavy atom. The smallest absolute Gasteiger partial charge is 0.301 e. The van der Waals surface area contributed by atoms with Crippen molar-refractivity contribution in [2.45, 2.75) is 33.4 Å². The van der Waals surface area contributed by atoms with Gasteiger partial charge in [-0.05, 0) is 57.1 Å². The molecule has 1 heterocycles. The normalized spacial score (nSPS) is 14.5. The first-order chi connectivity index (χ1) is 15.6. The Morgan fingerprint density at radius 1 is 1.24 bits per heavy atom. The zero-order valence-corrected chi connectivity index (χ0v) is 19.9. The van der Waals surface area contributed by atoms with Crippen molar-refractivity contribution in [3.8, 4) is 0 Å². The third-order valence-electron chi connectivity index (χ3n) is 4.29. The van der Waals surface area contributed by atoms with Crippen LogP contribution in [0.25, 0.3) is 12.2 Å². The summed E-state index contributed by atoms with van der Waals surface area (Å²) < 4.78 is 54.7. The highest BCUT2D eigenvalue weighted by Crippen LogP contribution is 2.28. The van der Waals surface area contributed by atoms with Crippen LogP contribution in [0.2, 0.25) is 0 Å². The number of allylic oxidation sites excluding steroid dienone is 11. The highest BCUT2D eigenvalue weighted by atomic mass is 32.2. The highest BCUT2D eigenvalue weighted by molar-refractivity contribution is 7.90. The monoisotopic (exact) mass is 474 g/mol. The number of alkyl halides is 3. The second-order valence-corrected chi connectivity index (χ2v) is 8.26. The molecule has 33 heavy (non-hydrogen) atoms. The molecular formula is C26H29F3N2OS. The Bertz CT molecular complexity index is 1060. The van der Waals surface area contributed by atoms with Crippen LogP contribution < -0.4 is 4.72 Å². The lowest BCUT2D eigenvalue weighted by atomic mass is 10.1. The van der Waals surface area contributed by atoms with Gasteiger partial charge in [-0.2, -0.15) is 13.2 Å². The Balaban J connectivity index is 3.26. The summed E-state index contributed by atoms with van der Waals surface area (Å²) in [6, 6.07) is 1.76. The van der Waals surface area contributed by atoms with Gasteiger partial charge in [0.05, 0.1) is 17.0 Å². The first-order valence-electron chi connectivity index (χ1n) is 10.1. The van der Waals surface area contributed by atoms with Gasteiger partial charge in [0.2, 0.25) is 0 Å². The van der Waals surface area contributed by atoms with Gasteiger partial charge in [0.1, 0.15) is 11.0 Å². The molecule has 176 valence electrons. The third-order valence-corrected chi connectivity index (χ3v) is 5.41. The fourth-order valence-corrected chi connectivity index (χ4v) is 3.43. The van der Waals surface area contributed by atoms with E-state index < -0.39 is 22.7 Å². The van der Waals surface area contributed by atoms with Gasteiger partial charge in [0.25, 0.3) is 0 Å². The predicted molar refractivity (Wildman–Crippen MR) is 136 cm³/mol. The Labute approximate surface area is 196 Å². The molecule has 0 amide bonds. The van der Waals surface area contributed by atoms with Crippen molar-refractivity contribution in [1.29, 1.82) is 0 Å². The number of hydrogen-bond donors (Lipinski definition) is 1. The van der Waals surface area contributed by atoms with E-state index in [2.05, 4.69) is 29.4 Å². The first-order valence-corrected chi connectivity index (χ1v) is 11.2. The molecule has 0 aliphatic carbocycles. The number of aryl methyl sites for hydroxylation is 1. The summed E-state index contributed by atoms with van der Waals surface area (Å²) in [4.78, 5) is 5.13. The van der Waals surface area contributed by atoms with Crippen LogP contribution in [0.4, 0.5) is 18.9 Å². The number of pyridine rings is 1. The standard InChI is InChI=1S/C26H29F3N2OS/c1-7-11-14-20(6)33(32)31-25-17-19(5)30-24(23(25)10-4)16-12-15-21(13-8-2)18-22(9-3)26(27,28)29/h7-14,16-18H,2-4,15H2,1,5-6H3,(H,30,31)/b11-7-,16-12-,20-14+,21-13-,22-18+. The van der Waals surface area contributed by atoms with Crippen molar-refractivity contribution in [1.82, 2.24) is 4.98 Å². The minimum absolute atomic E-state index is 0.214. The fourth-order valence-electron chi connectivity index (χ4n) is 2.70. The van der Waals surface area contributed by atoms with E-state index >= 15 is 0 Å². The summed E-state index contributed by atoms with van der Waals surface area (Å²) in [6.45, 7) is 16.1. The summed E-state index contributed by atoms with van der Waals surface area (Å²) in [7, 11) is -1.46. The van der Waals surface area contributed by atoms with Gasteiger partial charge in [-0.3, -0.25) is 4.98 Å². The lowest BCUT2D eigenvalue weighted by Gasteiger charge is -2.13. The Hall–Kier alpha value is -3.19. The number of hydrogen-bond acceptors (Lipinski definition) is 2. The summed E-state index contributed by atoms with van der Waals surface area (Å²) in [5.41, 5.74) is 2.04. The summed E-state index contributed by atoms with van der Waals surface area (Å²) in [6.07, 6.45) is 10.9. The maximum atomic E-state index is 13.1. The van der Waals surface area contributed by atoms with E-state index in [1.807, 2.05) is 13.0 Å². The van der Waals surface area contributed by atoms with Gasteiger partial charge < -0.3 is 4.72 Å². The van der Waals surface area contributed by atoms with Crippen LogP contribution in [0.15, 0.2) is 90.5 Å². The molecule has 0 fully saturated rings. The van der Waals surface area contributed by atoms with Crippen molar-refractivity contribution in [3.63, 3.8) is 0 Å². The molecule has 0 aromatic carbocycles. The molecule has 7 heteroatoms. The summed E-state index contributed by atoms with van der Waals surface area (Å²) in [5.74, 6) is 0. The van der Waals surface area contributed by atoms with E-state index in [4.69, 9.17) is 0 Å². The van der Waals surface area contributed by atoms with Crippen molar-refractivity contribution in [3.05, 3.63) is 107 Å². The molecule has 0 aliphatic rings. The summed E-state index contributed by atoms with van der Waals surface area (Å²) >= 11 is 0. The van der Waals surface area contributed by atoms with Gasteiger partial charge >= 0.3 is 6.18 Å². The quantitative estimate of drug-likeness (QED) is 0.333. The molecule has 0 spiro atoms. The predicted octanol–water partition coefficient (Wildman–Crippen LogP) is 7.78. The number of anilines is 1. The van der Waals surface area contributed by atoms with E-state index in [1.165, 1.54) is 12.2 Å². The van der Waals surface area contributed by atoms with E-state index in [0.29, 0.717) is 33.1 Å². The van der Waals surface area contributed by atoms with E-state index in [9.17, 15) is 17.4 Å². The topological polar surface area (TPSA) is 42.0 Å². The van der Waals surface area contributed by atoms with Crippen LogP contribution in [0.3, 0.4) is 0 Å². The second kappa shape index (κ2) is 13.4. The fraction of sp³-hybridized carbons (Fsp3) is 0.192. The minimum atomic E-state index is -4.49. The zero-order chi connectivity index (χ0) is 25.0. The average Bonchev–Trinajstić information content (AvgIpc) is 2.74. The molecule has 0 radical (unpaired) electrons. The molecule has 1 aromatic heterocycles. The maximum Gasteiger partial charge on any atom is 0.416 e. The van der Waals surface area contributed by atoms with E-state index in [-0.39, 0.29) is 6.42 Å². The van der Waals surface area contributed by atoms with E-state index in [1.54, 1.807) is 50.3 Å². The molecule has 0 saturated carbocycles. The zero-order valence-electron chi connectivity index (χ0n) is 19.1. The molecule has 1 rings (SSSR count). The van der Waals surface area contributed by atoms with Crippen molar-refractivity contribution < 1.29 is 17.4 Å². The van der Waals surface area contributed by atoms with Gasteiger partial charge in [-0.1, -0.05) is 62.3 Å². The molecule has 0 saturated heterocycles.